The molecule has 3 rings (SSSR count). The number of halogens is 1. The van der Waals surface area contributed by atoms with Crippen LogP contribution in [0.2, 0.25) is 0 Å². The van der Waals surface area contributed by atoms with Gasteiger partial charge in [-0.3, -0.25) is 4.79 Å². The number of methoxy groups -OCH3 is 1. The lowest BCUT2D eigenvalue weighted by Crippen LogP contribution is -2.29. The van der Waals surface area contributed by atoms with Crippen LogP contribution in [0.5, 0.6) is 11.5 Å². The summed E-state index contributed by atoms with van der Waals surface area (Å²) in [5.74, 6) is 1.03. The van der Waals surface area contributed by atoms with Crippen molar-refractivity contribution in [3.05, 3.63) is 53.6 Å². The van der Waals surface area contributed by atoms with Crippen molar-refractivity contribution in [1.29, 1.82) is 0 Å². The Morgan fingerprint density at radius 3 is 2.32 bits per heavy atom. The van der Waals surface area contributed by atoms with Crippen molar-refractivity contribution < 1.29 is 14.3 Å². The van der Waals surface area contributed by atoms with Crippen molar-refractivity contribution in [3.8, 4) is 11.5 Å². The maximum atomic E-state index is 12.2. The SMILES string of the molecule is COc1cc(CNC2CCCCCCC2)ccc1OCC(=O)Nc1ccc(C)cc1.Cl. The Morgan fingerprint density at radius 1 is 0.968 bits per heavy atom. The molecule has 0 saturated heterocycles. The highest BCUT2D eigenvalue weighted by Crippen LogP contribution is 2.28. The zero-order chi connectivity index (χ0) is 21.2. The number of aryl methyl sites for hydroxylation is 1. The molecule has 0 unspecified atom stereocenters. The van der Waals surface area contributed by atoms with Crippen molar-refractivity contribution in [2.45, 2.75) is 64.5 Å². The maximum absolute atomic E-state index is 12.2. The summed E-state index contributed by atoms with van der Waals surface area (Å²) in [4.78, 5) is 12.2. The van der Waals surface area contributed by atoms with E-state index in [0.717, 1.165) is 23.4 Å². The predicted molar refractivity (Wildman–Crippen MR) is 128 cm³/mol. The minimum Gasteiger partial charge on any atom is -0.493 e. The highest BCUT2D eigenvalue weighted by atomic mass is 35.5. The van der Waals surface area contributed by atoms with Crippen LogP contribution in [0.15, 0.2) is 42.5 Å². The highest BCUT2D eigenvalue weighted by Gasteiger charge is 2.12. The van der Waals surface area contributed by atoms with Gasteiger partial charge in [0.1, 0.15) is 0 Å². The number of hydrogen-bond acceptors (Lipinski definition) is 4. The molecule has 1 saturated carbocycles. The lowest BCUT2D eigenvalue weighted by Gasteiger charge is -2.21. The molecule has 0 bridgehead atoms. The summed E-state index contributed by atoms with van der Waals surface area (Å²) in [5, 5.41) is 6.54. The van der Waals surface area contributed by atoms with E-state index in [2.05, 4.69) is 10.6 Å². The summed E-state index contributed by atoms with van der Waals surface area (Å²) in [5.41, 5.74) is 3.07. The molecule has 2 aromatic carbocycles. The molecule has 6 heteroatoms. The van der Waals surface area contributed by atoms with Gasteiger partial charge in [-0.1, -0.05) is 55.9 Å². The van der Waals surface area contributed by atoms with Gasteiger partial charge < -0.3 is 20.1 Å². The number of anilines is 1. The van der Waals surface area contributed by atoms with E-state index >= 15 is 0 Å². The molecule has 0 atom stereocenters. The molecule has 0 radical (unpaired) electrons. The topological polar surface area (TPSA) is 59.6 Å². The summed E-state index contributed by atoms with van der Waals surface area (Å²) < 4.78 is 11.2. The van der Waals surface area contributed by atoms with Gasteiger partial charge in [-0.05, 0) is 49.6 Å². The molecule has 0 aromatic heterocycles. The zero-order valence-corrected chi connectivity index (χ0v) is 19.4. The Balaban J connectivity index is 0.00000341. The molecular weight excluding hydrogens is 412 g/mol. The number of carbonyl (C=O) groups excluding carboxylic acids is 1. The summed E-state index contributed by atoms with van der Waals surface area (Å²) in [6.45, 7) is 2.76. The minimum absolute atomic E-state index is 0. The van der Waals surface area contributed by atoms with Crippen molar-refractivity contribution in [2.75, 3.05) is 19.0 Å². The van der Waals surface area contributed by atoms with Gasteiger partial charge in [0, 0.05) is 18.3 Å². The summed E-state index contributed by atoms with van der Waals surface area (Å²) >= 11 is 0. The third kappa shape index (κ3) is 8.42. The van der Waals surface area contributed by atoms with Crippen LogP contribution in [-0.2, 0) is 11.3 Å². The number of benzene rings is 2. The first-order chi connectivity index (χ1) is 14.6. The van der Waals surface area contributed by atoms with Gasteiger partial charge >= 0.3 is 0 Å². The zero-order valence-electron chi connectivity index (χ0n) is 18.6. The molecule has 1 fully saturated rings. The van der Waals surface area contributed by atoms with Crippen LogP contribution in [0.4, 0.5) is 5.69 Å². The predicted octanol–water partition coefficient (Wildman–Crippen LogP) is 5.65. The Kier molecular flexibility index (Phi) is 10.7. The van der Waals surface area contributed by atoms with Gasteiger partial charge in [0.05, 0.1) is 7.11 Å². The lowest BCUT2D eigenvalue weighted by atomic mass is 9.96. The third-order valence-electron chi connectivity index (χ3n) is 5.62. The molecule has 1 aliphatic rings. The van der Waals surface area contributed by atoms with E-state index in [-0.39, 0.29) is 24.9 Å². The smallest absolute Gasteiger partial charge is 0.262 e. The van der Waals surface area contributed by atoms with Crippen LogP contribution in [0, 0.1) is 6.92 Å². The van der Waals surface area contributed by atoms with Crippen molar-refractivity contribution in [1.82, 2.24) is 5.32 Å². The molecule has 1 aliphatic carbocycles. The van der Waals surface area contributed by atoms with Crippen molar-refractivity contribution in [2.24, 2.45) is 0 Å². The van der Waals surface area contributed by atoms with Crippen LogP contribution < -0.4 is 20.1 Å². The molecule has 0 aliphatic heterocycles. The molecule has 170 valence electrons. The van der Waals surface area contributed by atoms with Gasteiger partial charge in [0.25, 0.3) is 5.91 Å². The second kappa shape index (κ2) is 13.2. The summed E-state index contributed by atoms with van der Waals surface area (Å²) in [6.07, 6.45) is 9.25. The summed E-state index contributed by atoms with van der Waals surface area (Å²) in [7, 11) is 1.63. The van der Waals surface area contributed by atoms with E-state index in [1.165, 1.54) is 44.9 Å². The Labute approximate surface area is 192 Å². The first kappa shape index (κ1) is 25.0. The van der Waals surface area contributed by atoms with Gasteiger partial charge in [0.2, 0.25) is 0 Å². The largest absolute Gasteiger partial charge is 0.493 e. The van der Waals surface area contributed by atoms with E-state index in [4.69, 9.17) is 9.47 Å². The van der Waals surface area contributed by atoms with E-state index in [1.54, 1.807) is 7.11 Å². The molecule has 2 aromatic rings. The quantitative estimate of drug-likeness (QED) is 0.550. The van der Waals surface area contributed by atoms with Gasteiger partial charge in [-0.15, -0.1) is 12.4 Å². The van der Waals surface area contributed by atoms with Gasteiger partial charge in [-0.25, -0.2) is 0 Å². The van der Waals surface area contributed by atoms with Crippen molar-refractivity contribution >= 4 is 24.0 Å². The van der Waals surface area contributed by atoms with Crippen LogP contribution >= 0.6 is 12.4 Å². The van der Waals surface area contributed by atoms with Crippen LogP contribution in [0.25, 0.3) is 0 Å². The van der Waals surface area contributed by atoms with Gasteiger partial charge in [0.15, 0.2) is 18.1 Å². The Hall–Kier alpha value is -2.24. The number of rotatable bonds is 8. The average Bonchev–Trinajstić information content (AvgIpc) is 2.73. The van der Waals surface area contributed by atoms with Crippen LogP contribution in [-0.4, -0.2) is 25.7 Å². The number of ether oxygens (including phenoxy) is 2. The number of nitrogens with one attached hydrogen (secondary N) is 2. The molecule has 31 heavy (non-hydrogen) atoms. The molecule has 1 amide bonds. The normalized spacial score (nSPS) is 14.6. The average molecular weight is 447 g/mol. The van der Waals surface area contributed by atoms with Gasteiger partial charge in [-0.2, -0.15) is 0 Å². The second-order valence-electron chi connectivity index (χ2n) is 8.11. The van der Waals surface area contributed by atoms with E-state index < -0.39 is 0 Å². The first-order valence-electron chi connectivity index (χ1n) is 11.0. The standard InChI is InChI=1S/C25H34N2O3.ClH/c1-19-10-13-22(14-11-19)27-25(28)18-30-23-15-12-20(16-24(23)29-2)17-26-21-8-6-4-3-5-7-9-21;/h10-16,21,26H,3-9,17-18H2,1-2H3,(H,27,28);1H. The maximum Gasteiger partial charge on any atom is 0.262 e. The summed E-state index contributed by atoms with van der Waals surface area (Å²) in [6, 6.07) is 14.2. The molecule has 2 N–H and O–H groups in total. The number of amides is 1. The monoisotopic (exact) mass is 446 g/mol. The van der Waals surface area contributed by atoms with Crippen LogP contribution in [0.1, 0.15) is 56.1 Å². The van der Waals surface area contributed by atoms with Crippen molar-refractivity contribution in [3.63, 3.8) is 0 Å². The molecule has 0 spiro atoms. The second-order valence-corrected chi connectivity index (χ2v) is 8.11. The molecule has 5 nitrogen and oxygen atoms in total. The third-order valence-corrected chi connectivity index (χ3v) is 5.62. The number of carbonyl (C=O) groups is 1. The lowest BCUT2D eigenvalue weighted by molar-refractivity contribution is -0.118. The minimum atomic E-state index is -0.198. The molecule has 0 heterocycles. The van der Waals surface area contributed by atoms with E-state index in [1.807, 2.05) is 49.4 Å². The van der Waals surface area contributed by atoms with E-state index in [0.29, 0.717) is 17.5 Å². The van der Waals surface area contributed by atoms with E-state index in [9.17, 15) is 4.79 Å². The fraction of sp³-hybridized carbons (Fsp3) is 0.480. The highest BCUT2D eigenvalue weighted by molar-refractivity contribution is 5.91. The first-order valence-corrected chi connectivity index (χ1v) is 11.0. The number of hydrogen-bond donors (Lipinski definition) is 2. The molecular formula is C25H35ClN2O3. The fourth-order valence-corrected chi connectivity index (χ4v) is 3.84. The fourth-order valence-electron chi connectivity index (χ4n) is 3.84. The Morgan fingerprint density at radius 2 is 1.65 bits per heavy atom. The Bertz CT molecular complexity index is 803. The van der Waals surface area contributed by atoms with Crippen LogP contribution in [0.3, 0.4) is 0 Å².